The molecule has 0 radical (unpaired) electrons. The summed E-state index contributed by atoms with van der Waals surface area (Å²) in [6.45, 7) is 6.99. The fraction of sp³-hybridized carbons (Fsp3) is 0.800. The van der Waals surface area contributed by atoms with E-state index in [-0.39, 0.29) is 31.5 Å². The van der Waals surface area contributed by atoms with E-state index in [9.17, 15) is 19.0 Å². The second-order valence-corrected chi connectivity index (χ2v) is 25.4. The number of ether oxygens (including phenoxy) is 1. The molecule has 0 aromatic rings. The van der Waals surface area contributed by atoms with Crippen LogP contribution in [0.15, 0.2) is 72.9 Å². The second-order valence-electron chi connectivity index (χ2n) is 24.0. The number of nitrogens with zero attached hydrogens (tertiary/aromatic N) is 1. The molecule has 1 amide bonds. The van der Waals surface area contributed by atoms with Crippen LogP contribution in [0.3, 0.4) is 0 Å². The SMILES string of the molecule is CCCCC/C=C\C/C=C\C/C=C\C/C=C\CCCCCCCCCC(=O)NC(COP(=O)(O)OCC[N+](C)(C)C)C(/C=C\CCCCCCCCCCCC)OC(=O)CCCCCCCCCCC/C=C/CCCCCCCC. The standard InChI is InChI=1S/C70H129N2O7P/c1-7-10-13-16-19-22-25-28-30-32-34-35-36-37-39-40-42-44-47-50-53-56-59-62-69(73)71-67(66-78-80(75,76)77-65-64-72(4,5)6)68(61-58-55-52-49-46-27-24-21-18-15-12-9-3)79-70(74)63-60-57-54-51-48-45-43-41-38-33-31-29-26-23-20-17-14-11-8-2/h19,22,28-31,34-35,37,39,58,61,67-68H,7-18,20-21,23-27,32-33,36,38,40-57,59-60,62-66H2,1-6H3,(H-,71,73,75,76)/p+1/b22-19-,30-28-,31-29+,35-34-,39-37-,61-58-. The largest absolute Gasteiger partial charge is 0.472 e. The molecule has 0 spiro atoms. The van der Waals surface area contributed by atoms with E-state index < -0.39 is 20.0 Å². The van der Waals surface area contributed by atoms with Crippen molar-refractivity contribution >= 4 is 19.7 Å². The average molecular weight is 1140 g/mol. The number of carbonyl (C=O) groups excluding carboxylic acids is 2. The number of nitrogens with one attached hydrogen (secondary N) is 1. The summed E-state index contributed by atoms with van der Waals surface area (Å²) in [5.41, 5.74) is 0. The van der Waals surface area contributed by atoms with Crippen LogP contribution in [0.2, 0.25) is 0 Å². The Morgan fingerprint density at radius 2 is 0.762 bits per heavy atom. The number of amides is 1. The van der Waals surface area contributed by atoms with Gasteiger partial charge in [-0.25, -0.2) is 4.57 Å². The molecule has 466 valence electrons. The van der Waals surface area contributed by atoms with Crippen molar-refractivity contribution in [1.29, 1.82) is 0 Å². The molecule has 0 heterocycles. The van der Waals surface area contributed by atoms with Crippen LogP contribution in [-0.4, -0.2) is 74.3 Å². The Balaban J connectivity index is 5.18. The first kappa shape index (κ1) is 77.5. The number of esters is 1. The predicted octanol–water partition coefficient (Wildman–Crippen LogP) is 21.2. The van der Waals surface area contributed by atoms with E-state index in [1.165, 1.54) is 186 Å². The van der Waals surface area contributed by atoms with Gasteiger partial charge in [-0.05, 0) is 102 Å². The van der Waals surface area contributed by atoms with Gasteiger partial charge in [-0.2, -0.15) is 0 Å². The van der Waals surface area contributed by atoms with Gasteiger partial charge in [0.15, 0.2) is 0 Å². The van der Waals surface area contributed by atoms with E-state index in [0.717, 1.165) is 89.9 Å². The van der Waals surface area contributed by atoms with Crippen LogP contribution in [0.1, 0.15) is 310 Å². The molecule has 3 unspecified atom stereocenters. The topological polar surface area (TPSA) is 111 Å². The zero-order valence-corrected chi connectivity index (χ0v) is 54.2. The van der Waals surface area contributed by atoms with Gasteiger partial charge in [0, 0.05) is 12.8 Å². The van der Waals surface area contributed by atoms with Gasteiger partial charge in [-0.3, -0.25) is 18.6 Å². The summed E-state index contributed by atoms with van der Waals surface area (Å²) in [6, 6.07) is -0.858. The predicted molar refractivity (Wildman–Crippen MR) is 346 cm³/mol. The number of phosphoric ester groups is 1. The van der Waals surface area contributed by atoms with Crippen molar-refractivity contribution in [3.05, 3.63) is 72.9 Å². The maximum Gasteiger partial charge on any atom is 0.472 e. The smallest absolute Gasteiger partial charge is 0.456 e. The molecule has 2 N–H and O–H groups in total. The summed E-state index contributed by atoms with van der Waals surface area (Å²) in [4.78, 5) is 37.8. The highest BCUT2D eigenvalue weighted by atomic mass is 31.2. The minimum atomic E-state index is -4.46. The molecule has 0 saturated carbocycles. The molecule has 0 rings (SSSR count). The molecular formula is C70H130N2O7P+. The number of likely N-dealkylation sites (N-methyl/N-ethyl adjacent to an activating group) is 1. The van der Waals surface area contributed by atoms with Crippen LogP contribution in [-0.2, 0) is 27.9 Å². The zero-order chi connectivity index (χ0) is 58.6. The summed E-state index contributed by atoms with van der Waals surface area (Å²) in [7, 11) is 1.49. The molecule has 0 aliphatic carbocycles. The number of rotatable bonds is 61. The number of allylic oxidation sites excluding steroid dienone is 11. The first-order chi connectivity index (χ1) is 38.9. The molecule has 80 heavy (non-hydrogen) atoms. The molecule has 0 aliphatic heterocycles. The first-order valence-corrected chi connectivity index (χ1v) is 35.3. The molecule has 9 nitrogen and oxygen atoms in total. The van der Waals surface area contributed by atoms with Crippen molar-refractivity contribution in [1.82, 2.24) is 5.32 Å². The molecule has 0 aromatic carbocycles. The van der Waals surface area contributed by atoms with E-state index in [2.05, 4.69) is 86.8 Å². The third-order valence-electron chi connectivity index (χ3n) is 14.9. The van der Waals surface area contributed by atoms with Crippen molar-refractivity contribution in [3.63, 3.8) is 0 Å². The Labute approximate surface area is 495 Å². The highest BCUT2D eigenvalue weighted by Gasteiger charge is 2.30. The molecular weight excluding hydrogens is 1010 g/mol. The summed E-state index contributed by atoms with van der Waals surface area (Å²) in [6.07, 6.45) is 77.5. The van der Waals surface area contributed by atoms with E-state index in [1.807, 2.05) is 33.3 Å². The van der Waals surface area contributed by atoms with Crippen LogP contribution in [0, 0.1) is 0 Å². The number of hydrogen-bond acceptors (Lipinski definition) is 6. The number of unbranched alkanes of at least 4 members (excludes halogenated alkanes) is 35. The minimum absolute atomic E-state index is 0.0358. The van der Waals surface area contributed by atoms with E-state index in [0.29, 0.717) is 17.4 Å². The van der Waals surface area contributed by atoms with E-state index in [4.69, 9.17) is 13.8 Å². The minimum Gasteiger partial charge on any atom is -0.456 e. The average Bonchev–Trinajstić information content (AvgIpc) is 3.42. The third kappa shape index (κ3) is 60.1. The Kier molecular flexibility index (Phi) is 57.7. The Hall–Kier alpha value is -2.55. The maximum absolute atomic E-state index is 13.6. The fourth-order valence-electron chi connectivity index (χ4n) is 9.63. The lowest BCUT2D eigenvalue weighted by molar-refractivity contribution is -0.870. The van der Waals surface area contributed by atoms with Gasteiger partial charge in [0.25, 0.3) is 0 Å². The van der Waals surface area contributed by atoms with Crippen LogP contribution >= 0.6 is 7.82 Å². The van der Waals surface area contributed by atoms with Crippen LogP contribution in [0.5, 0.6) is 0 Å². The Morgan fingerprint density at radius 3 is 1.18 bits per heavy atom. The van der Waals surface area contributed by atoms with Crippen LogP contribution in [0.25, 0.3) is 0 Å². The third-order valence-corrected chi connectivity index (χ3v) is 15.9. The molecule has 0 saturated heterocycles. The van der Waals surface area contributed by atoms with Gasteiger partial charge >= 0.3 is 13.8 Å². The van der Waals surface area contributed by atoms with E-state index in [1.54, 1.807) is 0 Å². The number of phosphoric acid groups is 1. The molecule has 0 bridgehead atoms. The fourth-order valence-corrected chi connectivity index (χ4v) is 10.4. The number of hydrogen-bond donors (Lipinski definition) is 2. The van der Waals surface area contributed by atoms with Gasteiger partial charge in [0.2, 0.25) is 5.91 Å². The normalized spacial score (nSPS) is 14.0. The maximum atomic E-state index is 13.6. The summed E-state index contributed by atoms with van der Waals surface area (Å²) in [5.74, 6) is -0.513. The monoisotopic (exact) mass is 1140 g/mol. The van der Waals surface area contributed by atoms with Crippen molar-refractivity contribution in [2.45, 2.75) is 322 Å². The van der Waals surface area contributed by atoms with E-state index >= 15 is 0 Å². The lowest BCUT2D eigenvalue weighted by Gasteiger charge is -2.27. The van der Waals surface area contributed by atoms with Crippen molar-refractivity contribution in [2.75, 3.05) is 40.9 Å². The second kappa shape index (κ2) is 59.6. The van der Waals surface area contributed by atoms with Crippen LogP contribution < -0.4 is 5.32 Å². The molecule has 0 fully saturated rings. The van der Waals surface area contributed by atoms with Gasteiger partial charge in [-0.1, -0.05) is 267 Å². The van der Waals surface area contributed by atoms with Gasteiger partial charge in [0.05, 0.1) is 33.8 Å². The number of carbonyl (C=O) groups is 2. The first-order valence-electron chi connectivity index (χ1n) is 33.8. The number of quaternary nitrogens is 1. The van der Waals surface area contributed by atoms with Gasteiger partial charge in [0.1, 0.15) is 19.3 Å². The Bertz CT molecular complexity index is 1600. The molecule has 3 atom stereocenters. The van der Waals surface area contributed by atoms with Crippen molar-refractivity contribution in [3.8, 4) is 0 Å². The molecule has 10 heteroatoms. The lowest BCUT2D eigenvalue weighted by atomic mass is 10.0. The summed E-state index contributed by atoms with van der Waals surface area (Å²) in [5, 5.41) is 3.06. The summed E-state index contributed by atoms with van der Waals surface area (Å²) < 4.78 is 30.8. The quantitative estimate of drug-likeness (QED) is 0.0205. The van der Waals surface area contributed by atoms with Crippen molar-refractivity contribution < 1.29 is 37.3 Å². The zero-order valence-electron chi connectivity index (χ0n) is 53.3. The summed E-state index contributed by atoms with van der Waals surface area (Å²) >= 11 is 0. The highest BCUT2D eigenvalue weighted by molar-refractivity contribution is 7.47. The van der Waals surface area contributed by atoms with Gasteiger partial charge in [-0.15, -0.1) is 0 Å². The lowest BCUT2D eigenvalue weighted by Crippen LogP contribution is -2.47. The van der Waals surface area contributed by atoms with Crippen LogP contribution in [0.4, 0.5) is 0 Å². The van der Waals surface area contributed by atoms with Gasteiger partial charge < -0.3 is 19.4 Å². The Morgan fingerprint density at radius 1 is 0.438 bits per heavy atom. The molecule has 0 aromatic heterocycles. The molecule has 0 aliphatic rings. The van der Waals surface area contributed by atoms with Crippen molar-refractivity contribution in [2.24, 2.45) is 0 Å². The highest BCUT2D eigenvalue weighted by Crippen LogP contribution is 2.43.